The lowest BCUT2D eigenvalue weighted by Gasteiger charge is -2.22. The summed E-state index contributed by atoms with van der Waals surface area (Å²) >= 11 is 1.63. The summed E-state index contributed by atoms with van der Waals surface area (Å²) in [6.45, 7) is 5.75. The smallest absolute Gasteiger partial charge is 0.0888 e. The zero-order valence-corrected chi connectivity index (χ0v) is 9.03. The van der Waals surface area contributed by atoms with Crippen LogP contribution in [0.3, 0.4) is 0 Å². The molecule has 74 valence electrons. The molecule has 3 heteroatoms. The Kier molecular flexibility index (Phi) is 3.90. The minimum absolute atomic E-state index is 0.678. The Hall–Kier alpha value is -0.380. The summed E-state index contributed by atoms with van der Waals surface area (Å²) in [6, 6.07) is 1.98. The van der Waals surface area contributed by atoms with E-state index in [1.807, 2.05) is 23.8 Å². The van der Waals surface area contributed by atoms with Crippen LogP contribution in [0.4, 0.5) is 0 Å². The van der Waals surface area contributed by atoms with Gasteiger partial charge in [-0.25, -0.2) is 0 Å². The first kappa shape index (κ1) is 10.7. The van der Waals surface area contributed by atoms with E-state index in [1.54, 1.807) is 11.3 Å². The van der Waals surface area contributed by atoms with Gasteiger partial charge in [0.2, 0.25) is 0 Å². The van der Waals surface area contributed by atoms with Crippen LogP contribution in [-0.4, -0.2) is 18.2 Å². The predicted octanol–water partition coefficient (Wildman–Crippen LogP) is 1.96. The zero-order chi connectivity index (χ0) is 9.73. The van der Waals surface area contributed by atoms with Crippen LogP contribution in [0.2, 0.25) is 0 Å². The van der Waals surface area contributed by atoms with Crippen LogP contribution in [0.5, 0.6) is 0 Å². The van der Waals surface area contributed by atoms with Crippen LogP contribution >= 0.6 is 11.3 Å². The third-order valence-corrected chi connectivity index (χ3v) is 2.86. The molecule has 0 aromatic carbocycles. The van der Waals surface area contributed by atoms with Crippen molar-refractivity contribution in [3.8, 4) is 0 Å². The molecule has 0 spiro atoms. The van der Waals surface area contributed by atoms with E-state index in [4.69, 9.17) is 0 Å². The van der Waals surface area contributed by atoms with Gasteiger partial charge in [-0.2, -0.15) is 11.3 Å². The summed E-state index contributed by atoms with van der Waals surface area (Å²) < 4.78 is 0. The maximum atomic E-state index is 10.1. The molecule has 2 nitrogen and oxygen atoms in total. The molecular formula is C10H17NOS. The molecule has 1 heterocycles. The molecule has 0 amide bonds. The molecule has 0 radical (unpaired) electrons. The van der Waals surface area contributed by atoms with Crippen LogP contribution in [0.1, 0.15) is 25.8 Å². The van der Waals surface area contributed by atoms with E-state index in [0.29, 0.717) is 0 Å². The van der Waals surface area contributed by atoms with E-state index >= 15 is 0 Å². The monoisotopic (exact) mass is 199 g/mol. The number of nitrogens with one attached hydrogen (secondary N) is 1. The van der Waals surface area contributed by atoms with Crippen molar-refractivity contribution < 1.29 is 5.11 Å². The van der Waals surface area contributed by atoms with Crippen molar-refractivity contribution in [1.82, 2.24) is 5.32 Å². The molecule has 0 saturated heterocycles. The second kappa shape index (κ2) is 4.74. The van der Waals surface area contributed by atoms with Gasteiger partial charge in [0.05, 0.1) is 5.60 Å². The lowest BCUT2D eigenvalue weighted by atomic mass is 9.95. The molecule has 0 aliphatic rings. The van der Waals surface area contributed by atoms with Gasteiger partial charge in [-0.05, 0) is 48.8 Å². The average Bonchev–Trinajstić information content (AvgIpc) is 2.56. The first-order chi connectivity index (χ1) is 6.17. The number of hydrogen-bond acceptors (Lipinski definition) is 3. The van der Waals surface area contributed by atoms with Crippen LogP contribution in [0, 0.1) is 0 Å². The number of hydrogen-bond donors (Lipinski definition) is 2. The molecule has 0 aliphatic carbocycles. The van der Waals surface area contributed by atoms with Gasteiger partial charge in [-0.1, -0.05) is 6.92 Å². The Morgan fingerprint density at radius 1 is 1.62 bits per heavy atom. The van der Waals surface area contributed by atoms with Crippen LogP contribution < -0.4 is 5.32 Å². The second-order valence-electron chi connectivity index (χ2n) is 3.39. The summed E-state index contributed by atoms with van der Waals surface area (Å²) in [7, 11) is 0. The van der Waals surface area contributed by atoms with Gasteiger partial charge in [-0.15, -0.1) is 0 Å². The highest BCUT2D eigenvalue weighted by atomic mass is 32.1. The van der Waals surface area contributed by atoms with Gasteiger partial charge in [0.1, 0.15) is 0 Å². The molecule has 0 aliphatic heterocycles. The maximum absolute atomic E-state index is 10.1. The van der Waals surface area contributed by atoms with Crippen LogP contribution in [0.25, 0.3) is 0 Å². The van der Waals surface area contributed by atoms with Crippen molar-refractivity contribution in [2.75, 3.05) is 13.1 Å². The standard InChI is InChI=1S/C10H17NOS/c1-3-11-6-5-10(2,12)9-4-7-13-8-9/h4,7-8,11-12H,3,5-6H2,1-2H3. The Balaban J connectivity index is 2.46. The van der Waals surface area contributed by atoms with E-state index in [1.165, 1.54) is 0 Å². The molecule has 0 bridgehead atoms. The van der Waals surface area contributed by atoms with Crippen molar-refractivity contribution in [2.24, 2.45) is 0 Å². The molecule has 1 unspecified atom stereocenters. The third kappa shape index (κ3) is 3.10. The van der Waals surface area contributed by atoms with Crippen LogP contribution in [-0.2, 0) is 5.60 Å². The predicted molar refractivity (Wildman–Crippen MR) is 57.1 cm³/mol. The minimum atomic E-state index is -0.678. The van der Waals surface area contributed by atoms with Crippen molar-refractivity contribution in [2.45, 2.75) is 25.9 Å². The number of thiophene rings is 1. The number of rotatable bonds is 5. The first-order valence-electron chi connectivity index (χ1n) is 4.62. The van der Waals surface area contributed by atoms with E-state index in [9.17, 15) is 5.11 Å². The number of aliphatic hydroxyl groups is 1. The Labute approximate surface area is 83.6 Å². The van der Waals surface area contributed by atoms with Gasteiger partial charge in [0, 0.05) is 0 Å². The van der Waals surface area contributed by atoms with E-state index in [2.05, 4.69) is 12.2 Å². The van der Waals surface area contributed by atoms with Gasteiger partial charge >= 0.3 is 0 Å². The first-order valence-corrected chi connectivity index (χ1v) is 5.57. The quantitative estimate of drug-likeness (QED) is 0.710. The molecule has 1 aromatic rings. The van der Waals surface area contributed by atoms with Crippen LogP contribution in [0.15, 0.2) is 16.8 Å². The van der Waals surface area contributed by atoms with Crippen molar-refractivity contribution >= 4 is 11.3 Å². The lowest BCUT2D eigenvalue weighted by molar-refractivity contribution is 0.0486. The molecule has 2 N–H and O–H groups in total. The lowest BCUT2D eigenvalue weighted by Crippen LogP contribution is -2.27. The van der Waals surface area contributed by atoms with E-state index < -0.39 is 5.60 Å². The summed E-state index contributed by atoms with van der Waals surface area (Å²) in [5, 5.41) is 17.3. The van der Waals surface area contributed by atoms with Crippen molar-refractivity contribution in [3.05, 3.63) is 22.4 Å². The second-order valence-corrected chi connectivity index (χ2v) is 4.17. The fourth-order valence-electron chi connectivity index (χ4n) is 1.22. The molecular weight excluding hydrogens is 182 g/mol. The van der Waals surface area contributed by atoms with Crippen molar-refractivity contribution in [3.63, 3.8) is 0 Å². The fraction of sp³-hybridized carbons (Fsp3) is 0.600. The zero-order valence-electron chi connectivity index (χ0n) is 8.21. The van der Waals surface area contributed by atoms with Gasteiger partial charge in [0.25, 0.3) is 0 Å². The highest BCUT2D eigenvalue weighted by Crippen LogP contribution is 2.25. The summed E-state index contributed by atoms with van der Waals surface area (Å²) in [5.74, 6) is 0. The molecule has 13 heavy (non-hydrogen) atoms. The molecule has 0 fully saturated rings. The summed E-state index contributed by atoms with van der Waals surface area (Å²) in [4.78, 5) is 0. The van der Waals surface area contributed by atoms with Crippen molar-refractivity contribution in [1.29, 1.82) is 0 Å². The SMILES string of the molecule is CCNCCC(C)(O)c1ccsc1. The van der Waals surface area contributed by atoms with Gasteiger partial charge < -0.3 is 10.4 Å². The average molecular weight is 199 g/mol. The normalized spacial score (nSPS) is 15.6. The largest absolute Gasteiger partial charge is 0.385 e. The Bertz CT molecular complexity index is 231. The molecule has 1 atom stereocenters. The Morgan fingerprint density at radius 3 is 2.92 bits per heavy atom. The highest BCUT2D eigenvalue weighted by molar-refractivity contribution is 7.08. The minimum Gasteiger partial charge on any atom is -0.385 e. The maximum Gasteiger partial charge on any atom is 0.0888 e. The van der Waals surface area contributed by atoms with E-state index in [0.717, 1.165) is 25.1 Å². The van der Waals surface area contributed by atoms with Gasteiger partial charge in [0.15, 0.2) is 0 Å². The molecule has 0 saturated carbocycles. The van der Waals surface area contributed by atoms with Gasteiger partial charge in [-0.3, -0.25) is 0 Å². The van der Waals surface area contributed by atoms with E-state index in [-0.39, 0.29) is 0 Å². The molecule has 1 aromatic heterocycles. The topological polar surface area (TPSA) is 32.3 Å². The highest BCUT2D eigenvalue weighted by Gasteiger charge is 2.22. The summed E-state index contributed by atoms with van der Waals surface area (Å²) in [6.07, 6.45) is 0.761. The molecule has 1 rings (SSSR count). The fourth-order valence-corrected chi connectivity index (χ4v) is 2.01. The Morgan fingerprint density at radius 2 is 2.38 bits per heavy atom. The third-order valence-electron chi connectivity index (χ3n) is 2.18. The summed E-state index contributed by atoms with van der Waals surface area (Å²) in [5.41, 5.74) is 0.345.